The maximum atomic E-state index is 12.4. The van der Waals surface area contributed by atoms with Crippen LogP contribution in [0.4, 0.5) is 0 Å². The second kappa shape index (κ2) is 9.17. The van der Waals surface area contributed by atoms with Crippen molar-refractivity contribution in [2.45, 2.75) is 12.8 Å². The fraction of sp³-hybridized carbons (Fsp3) is 0.318. The molecule has 6 heteroatoms. The Morgan fingerprint density at radius 1 is 1.04 bits per heavy atom. The Labute approximate surface area is 164 Å². The predicted octanol–water partition coefficient (Wildman–Crippen LogP) is 2.29. The SMILES string of the molecule is COC(=O)c1ccc(CC2CCN(C(=O)CNC(=O)c3ccccc3)C2)cc1. The van der Waals surface area contributed by atoms with Crippen LogP contribution in [0.2, 0.25) is 0 Å². The van der Waals surface area contributed by atoms with Gasteiger partial charge in [-0.25, -0.2) is 4.79 Å². The van der Waals surface area contributed by atoms with Gasteiger partial charge in [-0.15, -0.1) is 0 Å². The molecule has 0 aliphatic carbocycles. The van der Waals surface area contributed by atoms with Crippen molar-refractivity contribution in [3.05, 3.63) is 71.3 Å². The molecule has 0 saturated carbocycles. The van der Waals surface area contributed by atoms with Crippen LogP contribution in [-0.4, -0.2) is 49.4 Å². The molecule has 1 heterocycles. The molecule has 1 N–H and O–H groups in total. The van der Waals surface area contributed by atoms with Crippen LogP contribution in [0.15, 0.2) is 54.6 Å². The van der Waals surface area contributed by atoms with Gasteiger partial charge in [-0.2, -0.15) is 0 Å². The second-order valence-corrected chi connectivity index (χ2v) is 6.94. The van der Waals surface area contributed by atoms with E-state index in [0.29, 0.717) is 30.1 Å². The number of likely N-dealkylation sites (tertiary alicyclic amines) is 1. The number of rotatable bonds is 6. The van der Waals surface area contributed by atoms with E-state index >= 15 is 0 Å². The van der Waals surface area contributed by atoms with Crippen LogP contribution in [-0.2, 0) is 16.0 Å². The van der Waals surface area contributed by atoms with Gasteiger partial charge in [0.1, 0.15) is 0 Å². The number of hydrogen-bond donors (Lipinski definition) is 1. The van der Waals surface area contributed by atoms with Crippen molar-refractivity contribution in [2.24, 2.45) is 5.92 Å². The summed E-state index contributed by atoms with van der Waals surface area (Å²) in [5, 5.41) is 2.69. The largest absolute Gasteiger partial charge is 0.465 e. The van der Waals surface area contributed by atoms with E-state index in [1.165, 1.54) is 7.11 Å². The van der Waals surface area contributed by atoms with Gasteiger partial charge in [-0.05, 0) is 48.6 Å². The van der Waals surface area contributed by atoms with Gasteiger partial charge in [-0.3, -0.25) is 9.59 Å². The van der Waals surface area contributed by atoms with E-state index < -0.39 is 0 Å². The summed E-state index contributed by atoms with van der Waals surface area (Å²) in [7, 11) is 1.36. The van der Waals surface area contributed by atoms with Crippen molar-refractivity contribution >= 4 is 17.8 Å². The van der Waals surface area contributed by atoms with Crippen molar-refractivity contribution < 1.29 is 19.1 Å². The Bertz CT molecular complexity index is 833. The lowest BCUT2D eigenvalue weighted by molar-refractivity contribution is -0.129. The summed E-state index contributed by atoms with van der Waals surface area (Å²) in [6.45, 7) is 1.39. The Hall–Kier alpha value is -3.15. The smallest absolute Gasteiger partial charge is 0.337 e. The third-order valence-corrected chi connectivity index (χ3v) is 4.97. The van der Waals surface area contributed by atoms with E-state index in [9.17, 15) is 14.4 Å². The van der Waals surface area contributed by atoms with Gasteiger partial charge in [0, 0.05) is 18.7 Å². The van der Waals surface area contributed by atoms with Crippen LogP contribution in [0.5, 0.6) is 0 Å². The first kappa shape index (κ1) is 19.6. The van der Waals surface area contributed by atoms with Crippen molar-refractivity contribution in [1.82, 2.24) is 10.2 Å². The van der Waals surface area contributed by atoms with Crippen molar-refractivity contribution in [3.63, 3.8) is 0 Å². The van der Waals surface area contributed by atoms with Crippen molar-refractivity contribution in [1.29, 1.82) is 0 Å². The average molecular weight is 380 g/mol. The lowest BCUT2D eigenvalue weighted by Crippen LogP contribution is -2.39. The molecule has 3 rings (SSSR count). The molecule has 0 bridgehead atoms. The van der Waals surface area contributed by atoms with Crippen LogP contribution in [0, 0.1) is 5.92 Å². The monoisotopic (exact) mass is 380 g/mol. The fourth-order valence-electron chi connectivity index (χ4n) is 3.41. The minimum atomic E-state index is -0.346. The van der Waals surface area contributed by atoms with Crippen LogP contribution in [0.3, 0.4) is 0 Å². The van der Waals surface area contributed by atoms with Crippen LogP contribution in [0.25, 0.3) is 0 Å². The van der Waals surface area contributed by atoms with Crippen LogP contribution >= 0.6 is 0 Å². The molecule has 28 heavy (non-hydrogen) atoms. The number of ether oxygens (including phenoxy) is 1. The Kier molecular flexibility index (Phi) is 6.42. The number of carbonyl (C=O) groups excluding carboxylic acids is 3. The molecule has 1 fully saturated rings. The van der Waals surface area contributed by atoms with Gasteiger partial charge in [0.25, 0.3) is 5.91 Å². The van der Waals surface area contributed by atoms with Crippen LogP contribution < -0.4 is 5.32 Å². The summed E-state index contributed by atoms with van der Waals surface area (Å²) in [6.07, 6.45) is 1.78. The molecule has 1 atom stereocenters. The molecular weight excluding hydrogens is 356 g/mol. The summed E-state index contributed by atoms with van der Waals surface area (Å²) >= 11 is 0. The zero-order chi connectivity index (χ0) is 19.9. The summed E-state index contributed by atoms with van der Waals surface area (Å²) in [4.78, 5) is 37.7. The zero-order valence-corrected chi connectivity index (χ0v) is 15.9. The molecule has 1 saturated heterocycles. The quantitative estimate of drug-likeness (QED) is 0.781. The van der Waals surface area contributed by atoms with Gasteiger partial charge in [0.15, 0.2) is 0 Å². The molecule has 6 nitrogen and oxygen atoms in total. The Morgan fingerprint density at radius 3 is 2.43 bits per heavy atom. The molecule has 2 amide bonds. The van der Waals surface area contributed by atoms with E-state index in [0.717, 1.165) is 18.4 Å². The first-order valence-electron chi connectivity index (χ1n) is 9.35. The third kappa shape index (κ3) is 4.97. The number of benzene rings is 2. The molecule has 2 aromatic carbocycles. The highest BCUT2D eigenvalue weighted by atomic mass is 16.5. The normalized spacial score (nSPS) is 15.9. The van der Waals surface area contributed by atoms with Gasteiger partial charge in [0.2, 0.25) is 5.91 Å². The van der Waals surface area contributed by atoms with E-state index in [1.54, 1.807) is 41.3 Å². The number of methoxy groups -OCH3 is 1. The number of nitrogens with zero attached hydrogens (tertiary/aromatic N) is 1. The molecular formula is C22H24N2O4. The molecule has 0 spiro atoms. The number of hydrogen-bond acceptors (Lipinski definition) is 4. The minimum Gasteiger partial charge on any atom is -0.465 e. The highest BCUT2D eigenvalue weighted by Gasteiger charge is 2.26. The summed E-state index contributed by atoms with van der Waals surface area (Å²) in [5.74, 6) is -0.275. The third-order valence-electron chi connectivity index (χ3n) is 4.97. The first-order chi connectivity index (χ1) is 13.6. The van der Waals surface area contributed by atoms with E-state index in [1.807, 2.05) is 18.2 Å². The summed E-state index contributed by atoms with van der Waals surface area (Å²) in [6, 6.07) is 16.2. The molecule has 2 aromatic rings. The second-order valence-electron chi connectivity index (χ2n) is 6.94. The average Bonchev–Trinajstić information content (AvgIpc) is 3.21. The lowest BCUT2D eigenvalue weighted by Gasteiger charge is -2.17. The predicted molar refractivity (Wildman–Crippen MR) is 105 cm³/mol. The van der Waals surface area contributed by atoms with Gasteiger partial charge >= 0.3 is 5.97 Å². The summed E-state index contributed by atoms with van der Waals surface area (Å²) < 4.78 is 4.70. The molecule has 146 valence electrons. The minimum absolute atomic E-state index is 0.00821. The first-order valence-corrected chi connectivity index (χ1v) is 9.35. The molecule has 0 aromatic heterocycles. The molecule has 0 radical (unpaired) electrons. The summed E-state index contributed by atoms with van der Waals surface area (Å²) in [5.41, 5.74) is 2.21. The zero-order valence-electron chi connectivity index (χ0n) is 15.9. The van der Waals surface area contributed by atoms with E-state index in [4.69, 9.17) is 4.74 Å². The lowest BCUT2D eigenvalue weighted by atomic mass is 9.98. The van der Waals surface area contributed by atoms with Crippen molar-refractivity contribution in [2.75, 3.05) is 26.7 Å². The van der Waals surface area contributed by atoms with Crippen LogP contribution in [0.1, 0.15) is 32.7 Å². The Morgan fingerprint density at radius 2 is 1.75 bits per heavy atom. The van der Waals surface area contributed by atoms with Gasteiger partial charge < -0.3 is 15.0 Å². The van der Waals surface area contributed by atoms with E-state index in [-0.39, 0.29) is 24.3 Å². The molecule has 1 aliphatic heterocycles. The number of nitrogens with one attached hydrogen (secondary N) is 1. The number of carbonyl (C=O) groups is 3. The number of esters is 1. The molecule has 1 aliphatic rings. The van der Waals surface area contributed by atoms with E-state index in [2.05, 4.69) is 5.32 Å². The highest BCUT2D eigenvalue weighted by Crippen LogP contribution is 2.21. The maximum Gasteiger partial charge on any atom is 0.337 e. The molecule has 1 unspecified atom stereocenters. The highest BCUT2D eigenvalue weighted by molar-refractivity contribution is 5.96. The standard InChI is InChI=1S/C22H24N2O4/c1-28-22(27)19-9-7-16(8-10-19)13-17-11-12-24(15-17)20(25)14-23-21(26)18-5-3-2-4-6-18/h2-10,17H,11-15H2,1H3,(H,23,26). The van der Waals surface area contributed by atoms with Gasteiger partial charge in [0.05, 0.1) is 19.2 Å². The number of amides is 2. The topological polar surface area (TPSA) is 75.7 Å². The Balaban J connectivity index is 1.46. The fourth-order valence-corrected chi connectivity index (χ4v) is 3.41. The van der Waals surface area contributed by atoms with Gasteiger partial charge in [-0.1, -0.05) is 30.3 Å². The maximum absolute atomic E-state index is 12.4. The van der Waals surface area contributed by atoms with Crippen molar-refractivity contribution in [3.8, 4) is 0 Å².